The van der Waals surface area contributed by atoms with Crippen LogP contribution in [0.5, 0.6) is 0 Å². The van der Waals surface area contributed by atoms with Crippen LogP contribution in [-0.2, 0) is 11.2 Å². The van der Waals surface area contributed by atoms with E-state index in [1.807, 2.05) is 24.3 Å². The highest BCUT2D eigenvalue weighted by Gasteiger charge is 2.09. The van der Waals surface area contributed by atoms with Gasteiger partial charge in [0.05, 0.1) is 0 Å². The fourth-order valence-corrected chi connectivity index (χ4v) is 1.76. The summed E-state index contributed by atoms with van der Waals surface area (Å²) in [7, 11) is 0. The number of halogens is 1. The van der Waals surface area contributed by atoms with Gasteiger partial charge >= 0.3 is 0 Å². The predicted molar refractivity (Wildman–Crippen MR) is 75.2 cm³/mol. The topological polar surface area (TPSA) is 29.1 Å². The van der Waals surface area contributed by atoms with Crippen LogP contribution >= 0.6 is 15.9 Å². The van der Waals surface area contributed by atoms with Gasteiger partial charge in [-0.2, -0.15) is 0 Å². The molecule has 1 N–H and O–H groups in total. The maximum absolute atomic E-state index is 11.7. The molecule has 0 heterocycles. The second kappa shape index (κ2) is 6.31. The van der Waals surface area contributed by atoms with E-state index in [1.54, 1.807) is 0 Å². The van der Waals surface area contributed by atoms with Crippen molar-refractivity contribution in [1.82, 2.24) is 5.32 Å². The lowest BCUT2D eigenvalue weighted by Crippen LogP contribution is -2.37. The molecule has 0 bridgehead atoms. The van der Waals surface area contributed by atoms with Crippen LogP contribution in [0.15, 0.2) is 28.7 Å². The number of hydrogen-bond donors (Lipinski definition) is 1. The van der Waals surface area contributed by atoms with E-state index < -0.39 is 0 Å². The molecule has 0 unspecified atom stereocenters. The zero-order chi connectivity index (χ0) is 12.9. The van der Waals surface area contributed by atoms with Crippen LogP contribution in [0.4, 0.5) is 0 Å². The molecule has 0 aliphatic heterocycles. The summed E-state index contributed by atoms with van der Waals surface area (Å²) in [5, 5.41) is 3.32. The van der Waals surface area contributed by atoms with E-state index in [-0.39, 0.29) is 11.3 Å². The molecular formula is C14H20BrNO. The Morgan fingerprint density at radius 2 is 1.82 bits per heavy atom. The molecule has 0 spiro atoms. The van der Waals surface area contributed by atoms with Crippen molar-refractivity contribution < 1.29 is 4.79 Å². The molecule has 1 rings (SSSR count). The maximum atomic E-state index is 11.7. The van der Waals surface area contributed by atoms with Gasteiger partial charge in [0.1, 0.15) is 5.78 Å². The average Bonchev–Trinajstić information content (AvgIpc) is 2.19. The van der Waals surface area contributed by atoms with Crippen LogP contribution in [0.25, 0.3) is 0 Å². The second-order valence-corrected chi connectivity index (χ2v) is 6.18. The van der Waals surface area contributed by atoms with E-state index in [4.69, 9.17) is 0 Å². The van der Waals surface area contributed by atoms with Gasteiger partial charge in [-0.3, -0.25) is 4.79 Å². The fourth-order valence-electron chi connectivity index (χ4n) is 1.50. The molecule has 1 aromatic carbocycles. The van der Waals surface area contributed by atoms with Gasteiger partial charge in [0.25, 0.3) is 0 Å². The zero-order valence-corrected chi connectivity index (χ0v) is 12.3. The quantitative estimate of drug-likeness (QED) is 0.903. The fraction of sp³-hybridized carbons (Fsp3) is 0.500. The lowest BCUT2D eigenvalue weighted by molar-refractivity contribution is -0.118. The van der Waals surface area contributed by atoms with Crippen LogP contribution in [0.1, 0.15) is 32.8 Å². The Morgan fingerprint density at radius 3 is 2.35 bits per heavy atom. The number of carbonyl (C=O) groups is 1. The highest BCUT2D eigenvalue weighted by molar-refractivity contribution is 9.10. The van der Waals surface area contributed by atoms with Gasteiger partial charge in [-0.15, -0.1) is 0 Å². The third kappa shape index (κ3) is 6.59. The van der Waals surface area contributed by atoms with Gasteiger partial charge < -0.3 is 5.32 Å². The van der Waals surface area contributed by atoms with E-state index in [9.17, 15) is 4.79 Å². The monoisotopic (exact) mass is 297 g/mol. The lowest BCUT2D eigenvalue weighted by Gasteiger charge is -2.20. The Morgan fingerprint density at radius 1 is 1.24 bits per heavy atom. The molecule has 94 valence electrons. The second-order valence-electron chi connectivity index (χ2n) is 5.27. The smallest absolute Gasteiger partial charge is 0.138 e. The maximum Gasteiger partial charge on any atom is 0.138 e. The van der Waals surface area contributed by atoms with Crippen molar-refractivity contribution in [2.75, 3.05) is 6.54 Å². The Labute approximate surface area is 112 Å². The summed E-state index contributed by atoms with van der Waals surface area (Å²) in [5.74, 6) is 0.282. The molecule has 0 amide bonds. The molecule has 3 heteroatoms. The first-order valence-corrected chi connectivity index (χ1v) is 6.67. The molecule has 0 radical (unpaired) electrons. The van der Waals surface area contributed by atoms with Gasteiger partial charge in [-0.25, -0.2) is 0 Å². The summed E-state index contributed by atoms with van der Waals surface area (Å²) in [4.78, 5) is 11.7. The van der Waals surface area contributed by atoms with Gasteiger partial charge in [-0.05, 0) is 38.5 Å². The highest BCUT2D eigenvalue weighted by atomic mass is 79.9. The Kier molecular flexibility index (Phi) is 5.34. The number of Topliss-reactive ketones (excluding diaryl/α,β-unsaturated/α-hetero) is 1. The Bertz CT molecular complexity index is 365. The van der Waals surface area contributed by atoms with E-state index in [1.165, 1.54) is 0 Å². The van der Waals surface area contributed by atoms with Crippen molar-refractivity contribution in [2.24, 2.45) is 0 Å². The van der Waals surface area contributed by atoms with E-state index in [0.29, 0.717) is 12.8 Å². The standard InChI is InChI=1S/C14H20BrNO/c1-14(2,3)16-9-8-13(17)10-11-4-6-12(15)7-5-11/h4-7,16H,8-10H2,1-3H3. The molecule has 0 aromatic heterocycles. The number of nitrogens with one attached hydrogen (secondary N) is 1. The minimum atomic E-state index is 0.0812. The molecule has 0 saturated heterocycles. The van der Waals surface area contributed by atoms with Crippen molar-refractivity contribution >= 4 is 21.7 Å². The molecule has 0 fully saturated rings. The van der Waals surface area contributed by atoms with Crippen molar-refractivity contribution in [1.29, 1.82) is 0 Å². The molecule has 0 aliphatic carbocycles. The van der Waals surface area contributed by atoms with E-state index >= 15 is 0 Å². The van der Waals surface area contributed by atoms with Crippen molar-refractivity contribution in [2.45, 2.75) is 39.2 Å². The summed E-state index contributed by atoms with van der Waals surface area (Å²) in [6, 6.07) is 7.91. The van der Waals surface area contributed by atoms with Gasteiger partial charge in [0.15, 0.2) is 0 Å². The minimum absolute atomic E-state index is 0.0812. The average molecular weight is 298 g/mol. The Hall–Kier alpha value is -0.670. The largest absolute Gasteiger partial charge is 0.312 e. The third-order valence-corrected chi connectivity index (χ3v) is 2.90. The van der Waals surface area contributed by atoms with E-state index in [0.717, 1.165) is 16.6 Å². The van der Waals surface area contributed by atoms with E-state index in [2.05, 4.69) is 42.0 Å². The lowest BCUT2D eigenvalue weighted by atomic mass is 10.1. The summed E-state index contributed by atoms with van der Waals surface area (Å²) in [6.45, 7) is 7.06. The first-order chi connectivity index (χ1) is 7.87. The van der Waals surface area contributed by atoms with Crippen LogP contribution in [-0.4, -0.2) is 17.9 Å². The number of hydrogen-bond acceptors (Lipinski definition) is 2. The van der Waals surface area contributed by atoms with Crippen molar-refractivity contribution in [3.63, 3.8) is 0 Å². The summed E-state index contributed by atoms with van der Waals surface area (Å²) >= 11 is 3.38. The molecule has 0 atom stereocenters. The van der Waals surface area contributed by atoms with Crippen LogP contribution in [0.3, 0.4) is 0 Å². The summed E-state index contributed by atoms with van der Waals surface area (Å²) in [5.41, 5.74) is 1.16. The van der Waals surface area contributed by atoms with Crippen LogP contribution in [0.2, 0.25) is 0 Å². The number of carbonyl (C=O) groups excluding carboxylic acids is 1. The SMILES string of the molecule is CC(C)(C)NCCC(=O)Cc1ccc(Br)cc1. The predicted octanol–water partition coefficient (Wildman–Crippen LogP) is 3.34. The third-order valence-electron chi connectivity index (χ3n) is 2.37. The highest BCUT2D eigenvalue weighted by Crippen LogP contribution is 2.11. The zero-order valence-electron chi connectivity index (χ0n) is 10.7. The first kappa shape index (κ1) is 14.4. The van der Waals surface area contributed by atoms with Gasteiger partial charge in [0, 0.05) is 29.4 Å². The van der Waals surface area contributed by atoms with Gasteiger partial charge in [-0.1, -0.05) is 28.1 Å². The van der Waals surface area contributed by atoms with Crippen molar-refractivity contribution in [3.8, 4) is 0 Å². The number of ketones is 1. The number of benzene rings is 1. The molecule has 1 aromatic rings. The summed E-state index contributed by atoms with van der Waals surface area (Å²) in [6.07, 6.45) is 1.12. The summed E-state index contributed by atoms with van der Waals surface area (Å²) < 4.78 is 1.04. The first-order valence-electron chi connectivity index (χ1n) is 5.88. The Balaban J connectivity index is 2.32. The van der Waals surface area contributed by atoms with Crippen LogP contribution in [0, 0.1) is 0 Å². The molecule has 2 nitrogen and oxygen atoms in total. The molecular weight excluding hydrogens is 278 g/mol. The molecule has 17 heavy (non-hydrogen) atoms. The molecule has 0 saturated carbocycles. The van der Waals surface area contributed by atoms with Crippen LogP contribution < -0.4 is 5.32 Å². The normalized spacial score (nSPS) is 11.5. The number of rotatable bonds is 5. The van der Waals surface area contributed by atoms with Gasteiger partial charge in [0.2, 0.25) is 0 Å². The molecule has 0 aliphatic rings. The minimum Gasteiger partial charge on any atom is -0.312 e. The van der Waals surface area contributed by atoms with Crippen molar-refractivity contribution in [3.05, 3.63) is 34.3 Å².